The lowest BCUT2D eigenvalue weighted by Crippen LogP contribution is -2.31. The largest absolute Gasteiger partial charge is 0.301 e. The van der Waals surface area contributed by atoms with Crippen LogP contribution < -0.4 is 0 Å². The van der Waals surface area contributed by atoms with Gasteiger partial charge in [-0.3, -0.25) is 0 Å². The first-order valence-electron chi connectivity index (χ1n) is 7.37. The van der Waals surface area contributed by atoms with Crippen molar-refractivity contribution in [3.8, 4) is 0 Å². The number of fused-ring (bicyclic) bond motifs is 1. The fourth-order valence-corrected chi connectivity index (χ4v) is 3.59. The number of hydrogen-bond acceptors (Lipinski definition) is 2. The van der Waals surface area contributed by atoms with Crippen LogP contribution in [0.4, 0.5) is 0 Å². The molecule has 0 bridgehead atoms. The Kier molecular flexibility index (Phi) is 4.30. The Morgan fingerprint density at radius 2 is 1.95 bits per heavy atom. The standard InChI is InChI=1S/C18H20ClNS/c1-3-12-8-15-16(13-4-6-14(21)7-5-13)10-20(2)11-17(15)18(19)9-12/h4-9,16,21H,3,10-11H2,1-2H3. The molecule has 0 saturated carbocycles. The van der Waals surface area contributed by atoms with Crippen molar-refractivity contribution in [2.75, 3.05) is 13.6 Å². The first kappa shape index (κ1) is 15.0. The van der Waals surface area contributed by atoms with E-state index in [1.54, 1.807) is 0 Å². The van der Waals surface area contributed by atoms with Crippen molar-refractivity contribution < 1.29 is 0 Å². The van der Waals surface area contributed by atoms with Gasteiger partial charge in [0.1, 0.15) is 0 Å². The summed E-state index contributed by atoms with van der Waals surface area (Å²) in [7, 11) is 2.16. The molecule has 0 radical (unpaired) electrons. The van der Waals surface area contributed by atoms with E-state index in [2.05, 4.69) is 67.9 Å². The second-order valence-corrected chi connectivity index (χ2v) is 6.76. The molecule has 2 aromatic rings. The smallest absolute Gasteiger partial charge is 0.0456 e. The third kappa shape index (κ3) is 2.98. The van der Waals surface area contributed by atoms with Crippen molar-refractivity contribution >= 4 is 24.2 Å². The number of aryl methyl sites for hydroxylation is 1. The molecule has 1 atom stereocenters. The van der Waals surface area contributed by atoms with Crippen LogP contribution in [-0.4, -0.2) is 18.5 Å². The summed E-state index contributed by atoms with van der Waals surface area (Å²) in [6.07, 6.45) is 1.02. The number of hydrogen-bond donors (Lipinski definition) is 1. The van der Waals surface area contributed by atoms with Gasteiger partial charge in [0.15, 0.2) is 0 Å². The minimum absolute atomic E-state index is 0.386. The van der Waals surface area contributed by atoms with Crippen LogP contribution in [0, 0.1) is 0 Å². The first-order chi connectivity index (χ1) is 10.1. The summed E-state index contributed by atoms with van der Waals surface area (Å²) < 4.78 is 0. The van der Waals surface area contributed by atoms with Crippen LogP contribution >= 0.6 is 24.2 Å². The van der Waals surface area contributed by atoms with E-state index in [1.807, 2.05) is 0 Å². The van der Waals surface area contributed by atoms with Crippen LogP contribution in [0.15, 0.2) is 41.3 Å². The topological polar surface area (TPSA) is 3.24 Å². The molecule has 0 saturated heterocycles. The van der Waals surface area contributed by atoms with Crippen molar-refractivity contribution in [3.63, 3.8) is 0 Å². The van der Waals surface area contributed by atoms with Gasteiger partial charge < -0.3 is 4.90 Å². The summed E-state index contributed by atoms with van der Waals surface area (Å²) in [6.45, 7) is 4.14. The molecule has 1 nitrogen and oxygen atoms in total. The molecule has 110 valence electrons. The second kappa shape index (κ2) is 6.04. The van der Waals surface area contributed by atoms with Crippen molar-refractivity contribution in [2.45, 2.75) is 30.7 Å². The highest BCUT2D eigenvalue weighted by Gasteiger charge is 2.26. The summed E-state index contributed by atoms with van der Waals surface area (Å²) in [5.74, 6) is 0.386. The van der Waals surface area contributed by atoms with Crippen LogP contribution in [-0.2, 0) is 13.0 Å². The molecule has 0 aromatic heterocycles. The number of rotatable bonds is 2. The SMILES string of the molecule is CCc1cc(Cl)c2c(c1)C(c1ccc(S)cc1)CN(C)C2. The quantitative estimate of drug-likeness (QED) is 0.781. The Bertz CT molecular complexity index is 651. The van der Waals surface area contributed by atoms with Gasteiger partial charge in [0.25, 0.3) is 0 Å². The van der Waals surface area contributed by atoms with Crippen LogP contribution in [0.2, 0.25) is 5.02 Å². The molecule has 21 heavy (non-hydrogen) atoms. The van der Waals surface area contributed by atoms with E-state index in [9.17, 15) is 0 Å². The van der Waals surface area contributed by atoms with Gasteiger partial charge >= 0.3 is 0 Å². The number of benzene rings is 2. The summed E-state index contributed by atoms with van der Waals surface area (Å²) in [5, 5.41) is 0.909. The molecular weight excluding hydrogens is 298 g/mol. The van der Waals surface area contributed by atoms with E-state index in [1.165, 1.54) is 22.3 Å². The van der Waals surface area contributed by atoms with Gasteiger partial charge in [-0.25, -0.2) is 0 Å². The van der Waals surface area contributed by atoms with Gasteiger partial charge in [-0.2, -0.15) is 0 Å². The fourth-order valence-electron chi connectivity index (χ4n) is 3.13. The summed E-state index contributed by atoms with van der Waals surface area (Å²) in [4.78, 5) is 3.35. The monoisotopic (exact) mass is 317 g/mol. The third-order valence-electron chi connectivity index (χ3n) is 4.29. The highest BCUT2D eigenvalue weighted by molar-refractivity contribution is 7.80. The van der Waals surface area contributed by atoms with E-state index in [0.717, 1.165) is 29.4 Å². The summed E-state index contributed by atoms with van der Waals surface area (Å²) in [5.41, 5.74) is 5.33. The average molecular weight is 318 g/mol. The van der Waals surface area contributed by atoms with Crippen LogP contribution in [0.25, 0.3) is 0 Å². The number of likely N-dealkylation sites (N-methyl/N-ethyl adjacent to an activating group) is 1. The molecule has 2 aromatic carbocycles. The van der Waals surface area contributed by atoms with E-state index in [-0.39, 0.29) is 0 Å². The molecule has 1 unspecified atom stereocenters. The average Bonchev–Trinajstić information content (AvgIpc) is 2.48. The molecule has 1 heterocycles. The van der Waals surface area contributed by atoms with Crippen molar-refractivity contribution in [1.82, 2.24) is 4.90 Å². The zero-order valence-electron chi connectivity index (χ0n) is 12.4. The number of thiol groups is 1. The molecule has 3 heteroatoms. The van der Waals surface area contributed by atoms with Crippen LogP contribution in [0.1, 0.15) is 35.1 Å². The Morgan fingerprint density at radius 3 is 2.62 bits per heavy atom. The highest BCUT2D eigenvalue weighted by atomic mass is 35.5. The molecule has 0 N–H and O–H groups in total. The Hall–Kier alpha value is -0.960. The zero-order valence-corrected chi connectivity index (χ0v) is 14.1. The van der Waals surface area contributed by atoms with Gasteiger partial charge in [-0.1, -0.05) is 36.7 Å². The number of halogens is 1. The lowest BCUT2D eigenvalue weighted by atomic mass is 9.83. The molecule has 0 amide bonds. The van der Waals surface area contributed by atoms with Gasteiger partial charge in [0.05, 0.1) is 0 Å². The van der Waals surface area contributed by atoms with Crippen molar-refractivity contribution in [1.29, 1.82) is 0 Å². The lowest BCUT2D eigenvalue weighted by molar-refractivity contribution is 0.295. The molecule has 0 fully saturated rings. The van der Waals surface area contributed by atoms with Gasteiger partial charge in [0.2, 0.25) is 0 Å². The minimum atomic E-state index is 0.386. The maximum absolute atomic E-state index is 6.53. The maximum Gasteiger partial charge on any atom is 0.0456 e. The third-order valence-corrected chi connectivity index (χ3v) is 4.93. The predicted molar refractivity (Wildman–Crippen MR) is 92.7 cm³/mol. The second-order valence-electron chi connectivity index (χ2n) is 5.84. The highest BCUT2D eigenvalue weighted by Crippen LogP contribution is 2.37. The normalized spacial score (nSPS) is 18.6. The van der Waals surface area contributed by atoms with E-state index >= 15 is 0 Å². The first-order valence-corrected chi connectivity index (χ1v) is 8.19. The summed E-state index contributed by atoms with van der Waals surface area (Å²) in [6, 6.07) is 13.0. The maximum atomic E-state index is 6.53. The van der Waals surface area contributed by atoms with Gasteiger partial charge in [-0.05, 0) is 53.9 Å². The number of nitrogens with zero attached hydrogens (tertiary/aromatic N) is 1. The molecule has 3 rings (SSSR count). The van der Waals surface area contributed by atoms with Crippen LogP contribution in [0.3, 0.4) is 0 Å². The van der Waals surface area contributed by atoms with Gasteiger partial charge in [-0.15, -0.1) is 12.6 Å². The Labute approximate surface area is 137 Å². The molecule has 0 aliphatic carbocycles. The van der Waals surface area contributed by atoms with Crippen molar-refractivity contribution in [3.05, 3.63) is 63.7 Å². The van der Waals surface area contributed by atoms with E-state index in [4.69, 9.17) is 11.6 Å². The summed E-state index contributed by atoms with van der Waals surface area (Å²) >= 11 is 10.9. The predicted octanol–water partition coefficient (Wildman–Crippen LogP) is 4.77. The molecule has 1 aliphatic rings. The molecule has 0 spiro atoms. The lowest BCUT2D eigenvalue weighted by Gasteiger charge is -2.33. The molecular formula is C18H20ClNS. The zero-order chi connectivity index (χ0) is 15.0. The van der Waals surface area contributed by atoms with Crippen LogP contribution in [0.5, 0.6) is 0 Å². The minimum Gasteiger partial charge on any atom is -0.301 e. The Morgan fingerprint density at radius 1 is 1.24 bits per heavy atom. The van der Waals surface area contributed by atoms with Gasteiger partial charge in [0, 0.05) is 28.9 Å². The van der Waals surface area contributed by atoms with E-state index < -0.39 is 0 Å². The Balaban J connectivity index is 2.11. The van der Waals surface area contributed by atoms with E-state index in [0.29, 0.717) is 5.92 Å². The fraction of sp³-hybridized carbons (Fsp3) is 0.333. The van der Waals surface area contributed by atoms with Crippen molar-refractivity contribution in [2.24, 2.45) is 0 Å². The molecule has 1 aliphatic heterocycles.